The smallest absolute Gasteiger partial charge is 0.347 e. The van der Waals surface area contributed by atoms with Crippen LogP contribution in [0.2, 0.25) is 0 Å². The van der Waals surface area contributed by atoms with E-state index in [9.17, 15) is 53.5 Å². The van der Waals surface area contributed by atoms with Gasteiger partial charge in [-0.05, 0) is 60.7 Å². The number of carbonyl (C=O) groups excluding carboxylic acids is 1. The predicted octanol–water partition coefficient (Wildman–Crippen LogP) is 4.96. The normalized spacial score (nSPS) is 12.2. The summed E-state index contributed by atoms with van der Waals surface area (Å²) in [4.78, 5) is 25.4. The van der Waals surface area contributed by atoms with E-state index < -0.39 is 74.7 Å². The van der Waals surface area contributed by atoms with E-state index in [0.29, 0.717) is 0 Å². The quantitative estimate of drug-likeness (QED) is 0.0663. The Morgan fingerprint density at radius 2 is 0.965 bits per heavy atom. The number of carboxylic acids is 1. The monoisotopic (exact) mass is 854 g/mol. The van der Waals surface area contributed by atoms with Crippen LogP contribution in [-0.2, 0) is 40.1 Å². The van der Waals surface area contributed by atoms with Gasteiger partial charge in [0.25, 0.3) is 20.0 Å². The summed E-state index contributed by atoms with van der Waals surface area (Å²) in [6.07, 6.45) is 1.81. The number of carboxylic acid groups (broad SMARTS) is 1. The molecule has 296 valence electrons. The fourth-order valence-corrected chi connectivity index (χ4v) is 9.09. The molecule has 0 aliphatic rings. The first-order valence-electron chi connectivity index (χ1n) is 16.1. The first-order chi connectivity index (χ1) is 26.6. The highest BCUT2D eigenvalue weighted by molar-refractivity contribution is 7.93. The van der Waals surface area contributed by atoms with Gasteiger partial charge in [-0.2, -0.15) is 0 Å². The van der Waals surface area contributed by atoms with Crippen LogP contribution in [0, 0.1) is 0 Å². The summed E-state index contributed by atoms with van der Waals surface area (Å²) in [7, 11) is -16.1. The molecule has 57 heavy (non-hydrogen) atoms. The van der Waals surface area contributed by atoms with Crippen LogP contribution < -0.4 is 23.6 Å². The van der Waals surface area contributed by atoms with E-state index in [1.54, 1.807) is 0 Å². The van der Waals surface area contributed by atoms with Gasteiger partial charge in [0.15, 0.2) is 5.75 Å². The Morgan fingerprint density at radius 1 is 0.526 bits per heavy atom. The summed E-state index contributed by atoms with van der Waals surface area (Å²) in [5.41, 5.74) is -0.996. The summed E-state index contributed by atoms with van der Waals surface area (Å²) < 4.78 is 115. The van der Waals surface area contributed by atoms with Crippen molar-refractivity contribution in [1.82, 2.24) is 0 Å². The molecule has 0 atom stereocenters. The molecule has 0 saturated heterocycles. The average molecular weight is 855 g/mol. The maximum absolute atomic E-state index is 13.7. The molecular formula is C36H30N4O13S4. The van der Waals surface area contributed by atoms with E-state index in [2.05, 4.69) is 18.9 Å². The Hall–Kier alpha value is -6.42. The minimum Gasteiger partial charge on any atom is -0.506 e. The Bertz CT molecular complexity index is 3100. The second-order valence-electron chi connectivity index (χ2n) is 12.4. The Balaban J connectivity index is 1.33. The molecule has 0 radical (unpaired) electrons. The number of hydrogen-bond acceptors (Lipinski definition) is 12. The summed E-state index contributed by atoms with van der Waals surface area (Å²) in [5, 5.41) is 21.5. The van der Waals surface area contributed by atoms with E-state index >= 15 is 0 Å². The van der Waals surface area contributed by atoms with Gasteiger partial charge in [-0.25, -0.2) is 43.3 Å². The summed E-state index contributed by atoms with van der Waals surface area (Å²) in [6.45, 7) is 0. The molecule has 0 unspecified atom stereocenters. The molecule has 0 aliphatic heterocycles. The van der Waals surface area contributed by atoms with Crippen LogP contribution in [0.25, 0.3) is 21.5 Å². The largest absolute Gasteiger partial charge is 0.506 e. The molecule has 0 saturated carbocycles. The third-order valence-corrected chi connectivity index (χ3v) is 12.0. The molecule has 0 fully saturated rings. The number of benzene rings is 6. The molecule has 0 spiro atoms. The van der Waals surface area contributed by atoms with Gasteiger partial charge in [0.2, 0.25) is 20.0 Å². The van der Waals surface area contributed by atoms with Gasteiger partial charge in [-0.3, -0.25) is 18.9 Å². The Morgan fingerprint density at radius 3 is 1.44 bits per heavy atom. The summed E-state index contributed by atoms with van der Waals surface area (Å²) >= 11 is 0. The number of ether oxygens (including phenoxy) is 1. The second kappa shape index (κ2) is 14.9. The van der Waals surface area contributed by atoms with Crippen molar-refractivity contribution in [3.8, 4) is 11.5 Å². The molecular weight excluding hydrogens is 825 g/mol. The molecule has 0 aromatic heterocycles. The first kappa shape index (κ1) is 40.2. The van der Waals surface area contributed by atoms with Crippen LogP contribution in [0.4, 0.5) is 22.7 Å². The van der Waals surface area contributed by atoms with Crippen molar-refractivity contribution < 1.29 is 58.2 Å². The lowest BCUT2D eigenvalue weighted by molar-refractivity contribution is 0.0682. The molecule has 6 aromatic carbocycles. The van der Waals surface area contributed by atoms with Crippen molar-refractivity contribution in [1.29, 1.82) is 0 Å². The number of rotatable bonds is 13. The number of esters is 1. The molecule has 21 heteroatoms. The Labute approximate surface area is 326 Å². The lowest BCUT2D eigenvalue weighted by Crippen LogP contribution is -2.15. The molecule has 17 nitrogen and oxygen atoms in total. The van der Waals surface area contributed by atoms with Gasteiger partial charge >= 0.3 is 11.9 Å². The zero-order valence-electron chi connectivity index (χ0n) is 29.4. The van der Waals surface area contributed by atoms with Crippen molar-refractivity contribution in [2.45, 2.75) is 9.79 Å². The van der Waals surface area contributed by atoms with E-state index in [1.807, 2.05) is 0 Å². The van der Waals surface area contributed by atoms with Crippen molar-refractivity contribution in [3.05, 3.63) is 120 Å². The van der Waals surface area contributed by atoms with E-state index in [-0.39, 0.29) is 54.1 Å². The molecule has 0 amide bonds. The van der Waals surface area contributed by atoms with Crippen LogP contribution in [0.5, 0.6) is 11.5 Å². The molecule has 6 N–H and O–H groups in total. The highest BCUT2D eigenvalue weighted by Gasteiger charge is 2.25. The lowest BCUT2D eigenvalue weighted by Gasteiger charge is -2.16. The SMILES string of the molecule is CS(=O)(=O)Nc1cccc(S(=O)(=O)Nc2cccc3c(O)c(C(=O)Oc4c(C(=O)O)ccc5c(NS(=O)(=O)c6cccc(NS(C)(=O)=O)c6)cccc45)ccc23)c1. The minimum absolute atomic E-state index is 0.000843. The van der Waals surface area contributed by atoms with Gasteiger partial charge in [-0.15, -0.1) is 0 Å². The van der Waals surface area contributed by atoms with Gasteiger partial charge in [-0.1, -0.05) is 48.5 Å². The summed E-state index contributed by atoms with van der Waals surface area (Å²) in [5.74, 6) is -3.85. The van der Waals surface area contributed by atoms with Crippen LogP contribution >= 0.6 is 0 Å². The fraction of sp³-hybridized carbons (Fsp3) is 0.0556. The van der Waals surface area contributed by atoms with E-state index in [4.69, 9.17) is 4.74 Å². The average Bonchev–Trinajstić information content (AvgIpc) is 3.11. The number of phenols is 1. The number of sulfonamides is 4. The summed E-state index contributed by atoms with van der Waals surface area (Å²) in [6, 6.07) is 23.2. The highest BCUT2D eigenvalue weighted by atomic mass is 32.2. The number of carbonyl (C=O) groups is 2. The maximum Gasteiger partial charge on any atom is 0.347 e. The standard InChI is InChI=1S/C36H30N4O13S4/c1-54(45,46)37-21-7-3-9-23(19-21)56(49,50)39-31-13-5-11-27-25(31)15-17-29(33(27)41)36(44)53-34-28-12-6-14-32(26(28)16-18-30(34)35(42)43)40-57(51,52)24-10-4-8-22(20-24)38-55(2,47)48/h3-20,37-41H,1-2H3,(H,42,43). The van der Waals surface area contributed by atoms with Gasteiger partial charge in [0.05, 0.1) is 33.7 Å². The highest BCUT2D eigenvalue weighted by Crippen LogP contribution is 2.38. The third kappa shape index (κ3) is 9.02. The van der Waals surface area contributed by atoms with E-state index in [0.717, 1.165) is 36.8 Å². The van der Waals surface area contributed by atoms with Crippen LogP contribution in [0.15, 0.2) is 119 Å². The minimum atomic E-state index is -4.36. The van der Waals surface area contributed by atoms with Gasteiger partial charge in [0.1, 0.15) is 16.9 Å². The van der Waals surface area contributed by atoms with Crippen molar-refractivity contribution >= 4 is 96.3 Å². The maximum atomic E-state index is 13.7. The lowest BCUT2D eigenvalue weighted by atomic mass is 10.0. The Kier molecular flexibility index (Phi) is 10.5. The zero-order chi connectivity index (χ0) is 41.5. The molecule has 6 rings (SSSR count). The van der Waals surface area contributed by atoms with Crippen molar-refractivity contribution in [3.63, 3.8) is 0 Å². The number of anilines is 4. The van der Waals surface area contributed by atoms with Gasteiger partial charge < -0.3 is 14.9 Å². The van der Waals surface area contributed by atoms with Crippen molar-refractivity contribution in [2.24, 2.45) is 0 Å². The van der Waals surface area contributed by atoms with Crippen LogP contribution in [0.1, 0.15) is 20.7 Å². The third-order valence-electron chi connectivity index (χ3n) is 8.07. The molecule has 0 heterocycles. The van der Waals surface area contributed by atoms with Crippen LogP contribution in [0.3, 0.4) is 0 Å². The topological polar surface area (TPSA) is 269 Å². The molecule has 0 bridgehead atoms. The molecule has 6 aromatic rings. The zero-order valence-corrected chi connectivity index (χ0v) is 32.7. The molecule has 0 aliphatic carbocycles. The second-order valence-corrected chi connectivity index (χ2v) is 19.3. The number of phenolic OH excluding ortho intramolecular Hbond substituents is 1. The number of aromatic hydroxyl groups is 1. The van der Waals surface area contributed by atoms with Crippen molar-refractivity contribution in [2.75, 3.05) is 31.4 Å². The number of nitrogens with one attached hydrogen (secondary N) is 4. The number of hydrogen-bond donors (Lipinski definition) is 6. The number of aromatic carboxylic acids is 1. The van der Waals surface area contributed by atoms with Crippen LogP contribution in [-0.4, -0.2) is 68.3 Å². The predicted molar refractivity (Wildman–Crippen MR) is 213 cm³/mol. The fourth-order valence-electron chi connectivity index (χ4n) is 5.73. The van der Waals surface area contributed by atoms with E-state index in [1.165, 1.54) is 84.9 Å². The number of fused-ring (bicyclic) bond motifs is 2. The van der Waals surface area contributed by atoms with Gasteiger partial charge in [0, 0.05) is 32.9 Å². The first-order valence-corrected chi connectivity index (χ1v) is 22.8.